The van der Waals surface area contributed by atoms with Crippen molar-refractivity contribution in [2.24, 2.45) is 10.9 Å². The highest BCUT2D eigenvalue weighted by atomic mass is 14.7. The average Bonchev–Trinajstić information content (AvgIpc) is 2.24. The molecule has 15 heavy (non-hydrogen) atoms. The Kier molecular flexibility index (Phi) is 5.25. The van der Waals surface area contributed by atoms with Crippen LogP contribution in [0.2, 0.25) is 0 Å². The van der Waals surface area contributed by atoms with E-state index in [4.69, 9.17) is 0 Å². The average molecular weight is 199 g/mol. The standard InChI is InChI=1S/C14H17N/c1-13(2)8-6-7-11-15-12-14-9-4-3-5-10-14/h3-5,9-10,12-13H,8,11H2,1-2H3. The molecule has 0 N–H and O–H groups in total. The van der Waals surface area contributed by atoms with Crippen LogP contribution in [0.1, 0.15) is 25.8 Å². The van der Waals surface area contributed by atoms with Crippen molar-refractivity contribution < 1.29 is 0 Å². The largest absolute Gasteiger partial charge is 0.280 e. The van der Waals surface area contributed by atoms with E-state index in [1.54, 1.807) is 0 Å². The second-order valence-corrected chi connectivity index (χ2v) is 3.83. The fourth-order valence-electron chi connectivity index (χ4n) is 1.07. The molecule has 0 saturated carbocycles. The van der Waals surface area contributed by atoms with Crippen LogP contribution in [0.3, 0.4) is 0 Å². The van der Waals surface area contributed by atoms with Gasteiger partial charge in [0.1, 0.15) is 0 Å². The molecule has 1 aromatic carbocycles. The Balaban J connectivity index is 2.31. The van der Waals surface area contributed by atoms with Gasteiger partial charge in [-0.15, -0.1) is 5.92 Å². The second-order valence-electron chi connectivity index (χ2n) is 3.83. The number of hydrogen-bond donors (Lipinski definition) is 0. The zero-order valence-corrected chi connectivity index (χ0v) is 9.40. The van der Waals surface area contributed by atoms with E-state index in [1.807, 2.05) is 36.5 Å². The van der Waals surface area contributed by atoms with Gasteiger partial charge in [0.15, 0.2) is 0 Å². The van der Waals surface area contributed by atoms with E-state index in [9.17, 15) is 0 Å². The number of aliphatic imine (C=N–C) groups is 1. The summed E-state index contributed by atoms with van der Waals surface area (Å²) in [7, 11) is 0. The Hall–Kier alpha value is -1.55. The summed E-state index contributed by atoms with van der Waals surface area (Å²) in [5.41, 5.74) is 1.13. The lowest BCUT2D eigenvalue weighted by molar-refractivity contribution is 0.675. The van der Waals surface area contributed by atoms with Gasteiger partial charge in [0, 0.05) is 12.6 Å². The molecule has 1 rings (SSSR count). The Bertz CT molecular complexity index is 352. The summed E-state index contributed by atoms with van der Waals surface area (Å²) in [6.07, 6.45) is 2.82. The molecule has 0 bridgehead atoms. The zero-order chi connectivity index (χ0) is 10.9. The molecule has 0 radical (unpaired) electrons. The maximum absolute atomic E-state index is 4.24. The van der Waals surface area contributed by atoms with Crippen molar-refractivity contribution in [3.05, 3.63) is 35.9 Å². The van der Waals surface area contributed by atoms with Crippen LogP contribution in [-0.4, -0.2) is 12.8 Å². The van der Waals surface area contributed by atoms with Crippen molar-refractivity contribution in [1.82, 2.24) is 0 Å². The molecule has 0 unspecified atom stereocenters. The highest BCUT2D eigenvalue weighted by molar-refractivity contribution is 5.79. The zero-order valence-electron chi connectivity index (χ0n) is 9.40. The normalized spacial score (nSPS) is 10.3. The quantitative estimate of drug-likeness (QED) is 0.524. The van der Waals surface area contributed by atoms with Gasteiger partial charge in [-0.1, -0.05) is 50.1 Å². The van der Waals surface area contributed by atoms with Crippen molar-refractivity contribution in [1.29, 1.82) is 0 Å². The molecular weight excluding hydrogens is 182 g/mol. The van der Waals surface area contributed by atoms with E-state index in [2.05, 4.69) is 30.7 Å². The molecule has 0 saturated heterocycles. The van der Waals surface area contributed by atoms with E-state index in [1.165, 1.54) is 0 Å². The third kappa shape index (κ3) is 5.70. The summed E-state index contributed by atoms with van der Waals surface area (Å²) >= 11 is 0. The van der Waals surface area contributed by atoms with Gasteiger partial charge in [-0.25, -0.2) is 0 Å². The molecule has 78 valence electrons. The Morgan fingerprint density at radius 3 is 2.60 bits per heavy atom. The number of benzene rings is 1. The highest BCUT2D eigenvalue weighted by Crippen LogP contribution is 1.96. The van der Waals surface area contributed by atoms with Crippen LogP contribution in [0.5, 0.6) is 0 Å². The molecule has 0 amide bonds. The molecular formula is C14H17N. The van der Waals surface area contributed by atoms with E-state index < -0.39 is 0 Å². The van der Waals surface area contributed by atoms with Crippen LogP contribution in [0.15, 0.2) is 35.3 Å². The summed E-state index contributed by atoms with van der Waals surface area (Å²) in [6.45, 7) is 4.94. The minimum absolute atomic E-state index is 0.599. The molecule has 0 spiro atoms. The van der Waals surface area contributed by atoms with Crippen molar-refractivity contribution in [3.8, 4) is 11.8 Å². The van der Waals surface area contributed by atoms with E-state index in [0.29, 0.717) is 12.5 Å². The van der Waals surface area contributed by atoms with Gasteiger partial charge in [0.2, 0.25) is 0 Å². The SMILES string of the molecule is CC(C)CC#CCN=Cc1ccccc1. The Morgan fingerprint density at radius 2 is 1.93 bits per heavy atom. The maximum Gasteiger partial charge on any atom is 0.0997 e. The van der Waals surface area contributed by atoms with Gasteiger partial charge in [-0.3, -0.25) is 4.99 Å². The molecule has 0 fully saturated rings. The predicted molar refractivity (Wildman–Crippen MR) is 66.1 cm³/mol. The highest BCUT2D eigenvalue weighted by Gasteiger charge is 1.85. The lowest BCUT2D eigenvalue weighted by Gasteiger charge is -1.92. The van der Waals surface area contributed by atoms with Gasteiger partial charge in [-0.05, 0) is 11.5 Å². The van der Waals surface area contributed by atoms with Crippen molar-refractivity contribution in [3.63, 3.8) is 0 Å². The fourth-order valence-corrected chi connectivity index (χ4v) is 1.07. The topological polar surface area (TPSA) is 12.4 Å². The third-order valence-electron chi connectivity index (χ3n) is 1.85. The fraction of sp³-hybridized carbons (Fsp3) is 0.357. The van der Waals surface area contributed by atoms with Crippen LogP contribution < -0.4 is 0 Å². The molecule has 0 heterocycles. The smallest absolute Gasteiger partial charge is 0.0997 e. The minimum atomic E-state index is 0.599. The van der Waals surface area contributed by atoms with Crippen LogP contribution >= 0.6 is 0 Å². The number of rotatable bonds is 3. The first-order chi connectivity index (χ1) is 7.29. The van der Waals surface area contributed by atoms with Crippen LogP contribution in [0, 0.1) is 17.8 Å². The summed E-state index contributed by atoms with van der Waals surface area (Å²) < 4.78 is 0. The first-order valence-corrected chi connectivity index (χ1v) is 5.29. The van der Waals surface area contributed by atoms with Crippen LogP contribution in [0.25, 0.3) is 0 Å². The minimum Gasteiger partial charge on any atom is -0.280 e. The first-order valence-electron chi connectivity index (χ1n) is 5.29. The molecule has 0 atom stereocenters. The van der Waals surface area contributed by atoms with Gasteiger partial charge in [0.25, 0.3) is 0 Å². The molecule has 0 aliphatic heterocycles. The monoisotopic (exact) mass is 199 g/mol. The van der Waals surface area contributed by atoms with E-state index in [-0.39, 0.29) is 0 Å². The molecule has 1 heteroatoms. The van der Waals surface area contributed by atoms with Crippen molar-refractivity contribution in [2.75, 3.05) is 6.54 Å². The van der Waals surface area contributed by atoms with Gasteiger partial charge in [-0.2, -0.15) is 0 Å². The molecule has 1 nitrogen and oxygen atoms in total. The second kappa shape index (κ2) is 6.84. The predicted octanol–water partition coefficient (Wildman–Crippen LogP) is 3.16. The Morgan fingerprint density at radius 1 is 1.20 bits per heavy atom. The van der Waals surface area contributed by atoms with Crippen molar-refractivity contribution >= 4 is 6.21 Å². The summed E-state index contributed by atoms with van der Waals surface area (Å²) in [5, 5.41) is 0. The Labute approximate surface area is 92.2 Å². The maximum atomic E-state index is 4.24. The first kappa shape index (κ1) is 11.5. The van der Waals surface area contributed by atoms with Crippen LogP contribution in [0.4, 0.5) is 0 Å². The number of hydrogen-bond acceptors (Lipinski definition) is 1. The molecule has 0 aliphatic rings. The molecule has 0 aromatic heterocycles. The summed E-state index contributed by atoms with van der Waals surface area (Å²) in [5.74, 6) is 6.80. The van der Waals surface area contributed by atoms with Crippen LogP contribution in [-0.2, 0) is 0 Å². The van der Waals surface area contributed by atoms with E-state index >= 15 is 0 Å². The summed E-state index contributed by atoms with van der Waals surface area (Å²) in [4.78, 5) is 4.24. The molecule has 1 aromatic rings. The summed E-state index contributed by atoms with van der Waals surface area (Å²) in [6, 6.07) is 10.1. The van der Waals surface area contributed by atoms with Gasteiger partial charge < -0.3 is 0 Å². The lowest BCUT2D eigenvalue weighted by atomic mass is 10.1. The lowest BCUT2D eigenvalue weighted by Crippen LogP contribution is -1.84. The van der Waals surface area contributed by atoms with E-state index in [0.717, 1.165) is 12.0 Å². The third-order valence-corrected chi connectivity index (χ3v) is 1.85. The number of nitrogens with zero attached hydrogens (tertiary/aromatic N) is 1. The molecule has 0 aliphatic carbocycles. The van der Waals surface area contributed by atoms with Gasteiger partial charge in [0.05, 0.1) is 6.54 Å². The van der Waals surface area contributed by atoms with Gasteiger partial charge >= 0.3 is 0 Å². The van der Waals surface area contributed by atoms with Crippen molar-refractivity contribution in [2.45, 2.75) is 20.3 Å².